The topological polar surface area (TPSA) is 18.5 Å². The van der Waals surface area contributed by atoms with Crippen LogP contribution in [0.15, 0.2) is 0 Å². The van der Waals surface area contributed by atoms with Gasteiger partial charge in [-0.2, -0.15) is 0 Å². The number of piperazine rings is 1. The van der Waals surface area contributed by atoms with Crippen LogP contribution in [0.1, 0.15) is 53.4 Å². The summed E-state index contributed by atoms with van der Waals surface area (Å²) < 4.78 is 0. The van der Waals surface area contributed by atoms with Crippen LogP contribution in [0, 0.1) is 0 Å². The molecule has 3 heteroatoms. The van der Waals surface area contributed by atoms with Gasteiger partial charge in [-0.05, 0) is 46.8 Å². The standard InChI is InChI=1S/C16H35N3/c1-15(2)17-10-8-6-7-9-11-19-13-12-18(5)16(3,4)14-19/h15,17H,6-14H2,1-5H3. The van der Waals surface area contributed by atoms with Crippen LogP contribution in [0.3, 0.4) is 0 Å². The van der Waals surface area contributed by atoms with E-state index in [9.17, 15) is 0 Å². The molecule has 0 amide bonds. The Morgan fingerprint density at radius 3 is 2.37 bits per heavy atom. The summed E-state index contributed by atoms with van der Waals surface area (Å²) in [7, 11) is 2.25. The first-order valence-corrected chi connectivity index (χ1v) is 8.09. The van der Waals surface area contributed by atoms with Crippen LogP contribution >= 0.6 is 0 Å². The van der Waals surface area contributed by atoms with Crippen LogP contribution in [0.25, 0.3) is 0 Å². The maximum absolute atomic E-state index is 3.49. The molecule has 19 heavy (non-hydrogen) atoms. The first-order valence-electron chi connectivity index (χ1n) is 8.09. The summed E-state index contributed by atoms with van der Waals surface area (Å²) in [6, 6.07) is 0.632. The summed E-state index contributed by atoms with van der Waals surface area (Å²) >= 11 is 0. The Bertz CT molecular complexity index is 238. The summed E-state index contributed by atoms with van der Waals surface area (Å²) in [5.74, 6) is 0. The van der Waals surface area contributed by atoms with E-state index < -0.39 is 0 Å². The summed E-state index contributed by atoms with van der Waals surface area (Å²) in [4.78, 5) is 5.13. The second kappa shape index (κ2) is 8.23. The number of hydrogen-bond donors (Lipinski definition) is 1. The molecule has 1 saturated heterocycles. The largest absolute Gasteiger partial charge is 0.315 e. The van der Waals surface area contributed by atoms with Crippen molar-refractivity contribution >= 4 is 0 Å². The molecule has 114 valence electrons. The number of likely N-dealkylation sites (N-methyl/N-ethyl adjacent to an activating group) is 1. The number of nitrogens with zero attached hydrogens (tertiary/aromatic N) is 2. The first kappa shape index (κ1) is 16.9. The van der Waals surface area contributed by atoms with Crippen molar-refractivity contribution in [2.24, 2.45) is 0 Å². The molecule has 0 aliphatic carbocycles. The lowest BCUT2D eigenvalue weighted by atomic mass is 9.99. The minimum absolute atomic E-state index is 0.347. The molecule has 1 N–H and O–H groups in total. The fourth-order valence-corrected chi connectivity index (χ4v) is 2.74. The van der Waals surface area contributed by atoms with Crippen molar-refractivity contribution in [3.05, 3.63) is 0 Å². The average Bonchev–Trinajstić information content (AvgIpc) is 2.31. The van der Waals surface area contributed by atoms with Crippen LogP contribution in [0.5, 0.6) is 0 Å². The predicted octanol–water partition coefficient (Wildman–Crippen LogP) is 2.57. The second-order valence-electron chi connectivity index (χ2n) is 7.03. The van der Waals surface area contributed by atoms with E-state index >= 15 is 0 Å². The summed E-state index contributed by atoms with van der Waals surface area (Å²) in [6.07, 6.45) is 5.44. The molecule has 1 aliphatic rings. The third-order valence-corrected chi connectivity index (χ3v) is 4.35. The number of unbranched alkanes of at least 4 members (excludes halogenated alkanes) is 3. The van der Waals surface area contributed by atoms with E-state index in [1.54, 1.807) is 0 Å². The Kier molecular flexibility index (Phi) is 7.33. The van der Waals surface area contributed by atoms with Crippen molar-refractivity contribution in [3.63, 3.8) is 0 Å². The Hall–Kier alpha value is -0.120. The molecule has 1 aliphatic heterocycles. The zero-order valence-corrected chi connectivity index (χ0v) is 13.8. The van der Waals surface area contributed by atoms with Gasteiger partial charge in [-0.1, -0.05) is 26.7 Å². The SMILES string of the molecule is CC(C)NCCCCCCN1CCN(C)C(C)(C)C1. The third kappa shape index (κ3) is 6.73. The van der Waals surface area contributed by atoms with Crippen molar-refractivity contribution in [2.75, 3.05) is 39.8 Å². The van der Waals surface area contributed by atoms with Gasteiger partial charge in [-0.15, -0.1) is 0 Å². The van der Waals surface area contributed by atoms with E-state index in [0.717, 1.165) is 0 Å². The molecule has 0 aromatic carbocycles. The summed E-state index contributed by atoms with van der Waals surface area (Å²) in [6.45, 7) is 15.3. The molecular weight excluding hydrogens is 234 g/mol. The van der Waals surface area contributed by atoms with Gasteiger partial charge in [0.1, 0.15) is 0 Å². The van der Waals surface area contributed by atoms with Crippen LogP contribution in [-0.2, 0) is 0 Å². The number of rotatable bonds is 8. The van der Waals surface area contributed by atoms with Gasteiger partial charge in [-0.25, -0.2) is 0 Å². The zero-order chi connectivity index (χ0) is 14.3. The lowest BCUT2D eigenvalue weighted by Crippen LogP contribution is -2.57. The molecule has 3 nitrogen and oxygen atoms in total. The van der Waals surface area contributed by atoms with E-state index in [1.807, 2.05) is 0 Å². The summed E-state index contributed by atoms with van der Waals surface area (Å²) in [5, 5.41) is 3.49. The third-order valence-electron chi connectivity index (χ3n) is 4.35. The Balaban J connectivity index is 2.01. The number of nitrogens with one attached hydrogen (secondary N) is 1. The van der Waals surface area contributed by atoms with Crippen LogP contribution in [-0.4, -0.2) is 61.2 Å². The molecule has 0 radical (unpaired) electrons. The van der Waals surface area contributed by atoms with E-state index in [4.69, 9.17) is 0 Å². The minimum atomic E-state index is 0.347. The normalized spacial score (nSPS) is 21.2. The van der Waals surface area contributed by atoms with E-state index in [2.05, 4.69) is 49.9 Å². The van der Waals surface area contributed by atoms with E-state index in [-0.39, 0.29) is 0 Å². The maximum Gasteiger partial charge on any atom is 0.0277 e. The van der Waals surface area contributed by atoms with Gasteiger partial charge in [-0.3, -0.25) is 4.90 Å². The molecule has 1 heterocycles. The quantitative estimate of drug-likeness (QED) is 0.683. The lowest BCUT2D eigenvalue weighted by Gasteiger charge is -2.45. The van der Waals surface area contributed by atoms with Gasteiger partial charge < -0.3 is 10.2 Å². The molecule has 0 spiro atoms. The number of hydrogen-bond acceptors (Lipinski definition) is 3. The molecule has 0 atom stereocenters. The molecule has 0 saturated carbocycles. The predicted molar refractivity (Wildman–Crippen MR) is 84.8 cm³/mol. The van der Waals surface area contributed by atoms with Gasteiger partial charge in [0.05, 0.1) is 0 Å². The lowest BCUT2D eigenvalue weighted by molar-refractivity contribution is 0.0393. The highest BCUT2D eigenvalue weighted by Gasteiger charge is 2.30. The zero-order valence-electron chi connectivity index (χ0n) is 13.8. The van der Waals surface area contributed by atoms with Gasteiger partial charge in [0.2, 0.25) is 0 Å². The van der Waals surface area contributed by atoms with Crippen LogP contribution in [0.2, 0.25) is 0 Å². The Morgan fingerprint density at radius 1 is 1.05 bits per heavy atom. The smallest absolute Gasteiger partial charge is 0.0277 e. The molecule has 0 aromatic heterocycles. The Labute approximate surface area is 120 Å². The molecule has 1 rings (SSSR count). The van der Waals surface area contributed by atoms with Gasteiger partial charge >= 0.3 is 0 Å². The van der Waals surface area contributed by atoms with Crippen molar-refractivity contribution < 1.29 is 0 Å². The van der Waals surface area contributed by atoms with Gasteiger partial charge in [0.15, 0.2) is 0 Å². The highest BCUT2D eigenvalue weighted by molar-refractivity contribution is 4.87. The van der Waals surface area contributed by atoms with Gasteiger partial charge in [0.25, 0.3) is 0 Å². The highest BCUT2D eigenvalue weighted by atomic mass is 15.3. The van der Waals surface area contributed by atoms with Crippen molar-refractivity contribution in [1.82, 2.24) is 15.1 Å². The fourth-order valence-electron chi connectivity index (χ4n) is 2.74. The molecular formula is C16H35N3. The second-order valence-corrected chi connectivity index (χ2v) is 7.03. The molecule has 1 fully saturated rings. The van der Waals surface area contributed by atoms with Crippen LogP contribution in [0.4, 0.5) is 0 Å². The molecule has 0 unspecified atom stereocenters. The van der Waals surface area contributed by atoms with Crippen LogP contribution < -0.4 is 5.32 Å². The van der Waals surface area contributed by atoms with Crippen molar-refractivity contribution in [2.45, 2.75) is 65.0 Å². The fraction of sp³-hybridized carbons (Fsp3) is 1.00. The first-order chi connectivity index (χ1) is 8.92. The minimum Gasteiger partial charge on any atom is -0.315 e. The van der Waals surface area contributed by atoms with Crippen molar-refractivity contribution in [3.8, 4) is 0 Å². The van der Waals surface area contributed by atoms with E-state index in [1.165, 1.54) is 58.4 Å². The molecule has 0 aromatic rings. The monoisotopic (exact) mass is 269 g/mol. The maximum atomic E-state index is 3.49. The molecule has 0 bridgehead atoms. The highest BCUT2D eigenvalue weighted by Crippen LogP contribution is 2.19. The van der Waals surface area contributed by atoms with Gasteiger partial charge in [0, 0.05) is 31.2 Å². The van der Waals surface area contributed by atoms with E-state index in [0.29, 0.717) is 11.6 Å². The van der Waals surface area contributed by atoms with Crippen molar-refractivity contribution in [1.29, 1.82) is 0 Å². The Morgan fingerprint density at radius 2 is 1.74 bits per heavy atom. The summed E-state index contributed by atoms with van der Waals surface area (Å²) in [5.41, 5.74) is 0.347. The average molecular weight is 269 g/mol.